The van der Waals surface area contributed by atoms with Crippen LogP contribution in [0.15, 0.2) is 36.4 Å². The van der Waals surface area contributed by atoms with Crippen molar-refractivity contribution in [1.29, 1.82) is 0 Å². The van der Waals surface area contributed by atoms with Crippen molar-refractivity contribution in [1.82, 2.24) is 4.90 Å². The Morgan fingerprint density at radius 1 is 0.935 bits per heavy atom. The van der Waals surface area contributed by atoms with Gasteiger partial charge in [0.2, 0.25) is 0 Å². The lowest BCUT2D eigenvalue weighted by Crippen LogP contribution is -2.46. The molecular formula is C21H21Cl4N3O3. The number of carbonyl (C=O) groups is 2. The van der Waals surface area contributed by atoms with Gasteiger partial charge < -0.3 is 15.0 Å². The smallest absolute Gasteiger partial charge is 0.411 e. The molecule has 1 aliphatic heterocycles. The molecule has 166 valence electrons. The number of rotatable bonds is 5. The zero-order valence-corrected chi connectivity index (χ0v) is 19.5. The fraction of sp³-hybridized carbons (Fsp3) is 0.333. The summed E-state index contributed by atoms with van der Waals surface area (Å²) in [5.74, 6) is 0. The number of anilines is 2. The van der Waals surface area contributed by atoms with E-state index in [4.69, 9.17) is 51.1 Å². The first-order valence-electron chi connectivity index (χ1n) is 9.75. The second-order valence-corrected chi connectivity index (χ2v) is 8.76. The highest BCUT2D eigenvalue weighted by atomic mass is 35.5. The van der Waals surface area contributed by atoms with Gasteiger partial charge in [0.25, 0.3) is 0 Å². The molecule has 1 fully saturated rings. The zero-order valence-electron chi connectivity index (χ0n) is 16.5. The van der Waals surface area contributed by atoms with E-state index in [1.54, 1.807) is 35.2 Å². The third-order valence-corrected chi connectivity index (χ3v) is 6.01. The van der Waals surface area contributed by atoms with Crippen LogP contribution in [-0.2, 0) is 4.74 Å². The maximum absolute atomic E-state index is 12.8. The van der Waals surface area contributed by atoms with Gasteiger partial charge in [-0.2, -0.15) is 0 Å². The topological polar surface area (TPSA) is 70.7 Å². The lowest BCUT2D eigenvalue weighted by Gasteiger charge is -2.35. The van der Waals surface area contributed by atoms with Crippen molar-refractivity contribution in [3.05, 3.63) is 56.5 Å². The molecule has 2 aromatic carbocycles. The number of likely N-dealkylation sites (tertiary alicyclic amines) is 1. The first-order chi connectivity index (χ1) is 14.8. The van der Waals surface area contributed by atoms with Gasteiger partial charge in [-0.1, -0.05) is 46.4 Å². The van der Waals surface area contributed by atoms with E-state index < -0.39 is 6.09 Å². The second-order valence-electron chi connectivity index (χ2n) is 7.07. The first-order valence-corrected chi connectivity index (χ1v) is 11.3. The van der Waals surface area contributed by atoms with Gasteiger partial charge in [0.1, 0.15) is 0 Å². The fourth-order valence-corrected chi connectivity index (χ4v) is 4.28. The van der Waals surface area contributed by atoms with Gasteiger partial charge in [-0.25, -0.2) is 9.59 Å². The van der Waals surface area contributed by atoms with Crippen LogP contribution < -0.4 is 10.6 Å². The van der Waals surface area contributed by atoms with E-state index in [1.165, 1.54) is 6.07 Å². The summed E-state index contributed by atoms with van der Waals surface area (Å²) in [5, 5.41) is 7.07. The molecule has 1 heterocycles. The van der Waals surface area contributed by atoms with Gasteiger partial charge in [0.05, 0.1) is 28.0 Å². The van der Waals surface area contributed by atoms with Gasteiger partial charge in [-0.3, -0.25) is 5.32 Å². The average Bonchev–Trinajstić information content (AvgIpc) is 2.72. The van der Waals surface area contributed by atoms with Gasteiger partial charge in [0, 0.05) is 29.1 Å². The number of carbonyl (C=O) groups excluding carboxylic acids is 2. The fourth-order valence-electron chi connectivity index (χ4n) is 3.37. The molecule has 0 bridgehead atoms. The summed E-state index contributed by atoms with van der Waals surface area (Å²) >= 11 is 24.0. The maximum Gasteiger partial charge on any atom is 0.411 e. The second kappa shape index (κ2) is 11.1. The van der Waals surface area contributed by atoms with Crippen molar-refractivity contribution < 1.29 is 14.3 Å². The molecule has 3 amide bonds. The highest BCUT2D eigenvalue weighted by molar-refractivity contribution is 6.37. The summed E-state index contributed by atoms with van der Waals surface area (Å²) in [6, 6.07) is 9.36. The number of hydrogen-bond donors (Lipinski definition) is 2. The van der Waals surface area contributed by atoms with E-state index in [1.807, 2.05) is 0 Å². The molecule has 0 aliphatic carbocycles. The lowest BCUT2D eigenvalue weighted by atomic mass is 10.00. The Bertz CT molecular complexity index is 957. The van der Waals surface area contributed by atoms with Crippen molar-refractivity contribution in [2.24, 2.45) is 0 Å². The van der Waals surface area contributed by atoms with Crippen molar-refractivity contribution in [3.8, 4) is 0 Å². The monoisotopic (exact) mass is 503 g/mol. The Labute approximate surface area is 200 Å². The van der Waals surface area contributed by atoms with Crippen LogP contribution in [0.1, 0.15) is 25.7 Å². The van der Waals surface area contributed by atoms with E-state index in [9.17, 15) is 9.59 Å². The molecule has 2 N–H and O–H groups in total. The predicted molar refractivity (Wildman–Crippen MR) is 126 cm³/mol. The summed E-state index contributed by atoms with van der Waals surface area (Å²) in [6.07, 6.45) is 2.64. The molecule has 31 heavy (non-hydrogen) atoms. The number of nitrogens with one attached hydrogen (secondary N) is 2. The van der Waals surface area contributed by atoms with Crippen LogP contribution in [0.5, 0.6) is 0 Å². The van der Waals surface area contributed by atoms with E-state index in [0.29, 0.717) is 44.4 Å². The largest absolute Gasteiger partial charge is 0.449 e. The van der Waals surface area contributed by atoms with Crippen molar-refractivity contribution in [2.45, 2.75) is 31.7 Å². The van der Waals surface area contributed by atoms with Crippen LogP contribution in [0.4, 0.5) is 21.0 Å². The number of piperidine rings is 1. The highest BCUT2D eigenvalue weighted by Gasteiger charge is 2.27. The number of nitrogens with zero attached hydrogens (tertiary/aromatic N) is 1. The summed E-state index contributed by atoms with van der Waals surface area (Å²) < 4.78 is 5.28. The Hall–Kier alpha value is -1.86. The average molecular weight is 505 g/mol. The zero-order chi connectivity index (χ0) is 22.4. The molecule has 1 atom stereocenters. The maximum atomic E-state index is 12.8. The number of halogens is 4. The van der Waals surface area contributed by atoms with Gasteiger partial charge in [0.15, 0.2) is 0 Å². The number of ether oxygens (including phenoxy) is 1. The van der Waals surface area contributed by atoms with E-state index in [-0.39, 0.29) is 18.7 Å². The molecular weight excluding hydrogens is 484 g/mol. The molecule has 1 aliphatic rings. The Morgan fingerprint density at radius 2 is 1.55 bits per heavy atom. The Kier molecular flexibility index (Phi) is 8.55. The number of benzene rings is 2. The molecule has 0 spiro atoms. The van der Waals surface area contributed by atoms with Crippen LogP contribution in [0, 0.1) is 0 Å². The highest BCUT2D eigenvalue weighted by Crippen LogP contribution is 2.28. The predicted octanol–water partition coefficient (Wildman–Crippen LogP) is 7.33. The number of urea groups is 1. The molecule has 0 aromatic heterocycles. The SMILES string of the molecule is O=C(Nc1ccc(Cl)cc1Cl)OCC[C@H]1CCCCN1C(=O)Nc1ccc(Cl)cc1Cl. The third kappa shape index (κ3) is 6.81. The molecule has 0 radical (unpaired) electrons. The molecule has 6 nitrogen and oxygen atoms in total. The van der Waals surface area contributed by atoms with E-state index >= 15 is 0 Å². The minimum atomic E-state index is -0.621. The minimum absolute atomic E-state index is 0.0493. The van der Waals surface area contributed by atoms with Gasteiger partial charge in [-0.15, -0.1) is 0 Å². The Morgan fingerprint density at radius 3 is 2.16 bits per heavy atom. The number of hydrogen-bond acceptors (Lipinski definition) is 3. The quantitative estimate of drug-likeness (QED) is 0.447. The Balaban J connectivity index is 1.52. The lowest BCUT2D eigenvalue weighted by molar-refractivity contribution is 0.123. The molecule has 1 saturated heterocycles. The van der Waals surface area contributed by atoms with Crippen LogP contribution in [0.25, 0.3) is 0 Å². The molecule has 2 aromatic rings. The summed E-state index contributed by atoms with van der Waals surface area (Å²) in [6.45, 7) is 0.779. The molecule has 10 heteroatoms. The van der Waals surface area contributed by atoms with Gasteiger partial charge >= 0.3 is 12.1 Å². The van der Waals surface area contributed by atoms with Crippen LogP contribution in [0.3, 0.4) is 0 Å². The van der Waals surface area contributed by atoms with E-state index in [0.717, 1.165) is 19.3 Å². The third-order valence-electron chi connectivity index (χ3n) is 4.91. The van der Waals surface area contributed by atoms with Crippen LogP contribution in [-0.4, -0.2) is 36.2 Å². The minimum Gasteiger partial charge on any atom is -0.449 e. The standard InChI is InChI=1S/C21H21Cl4N3O3/c22-13-4-6-18(16(24)11-13)26-20(29)28-9-2-1-3-15(28)8-10-31-21(30)27-19-7-5-14(23)12-17(19)25/h4-7,11-12,15H,1-3,8-10H2,(H,26,29)(H,27,30)/t15-/m1/s1. The van der Waals surface area contributed by atoms with Gasteiger partial charge in [-0.05, 0) is 55.7 Å². The molecule has 3 rings (SSSR count). The van der Waals surface area contributed by atoms with Crippen LogP contribution in [0.2, 0.25) is 20.1 Å². The van der Waals surface area contributed by atoms with Crippen molar-refractivity contribution >= 4 is 69.9 Å². The van der Waals surface area contributed by atoms with Crippen molar-refractivity contribution in [3.63, 3.8) is 0 Å². The van der Waals surface area contributed by atoms with Crippen molar-refractivity contribution in [2.75, 3.05) is 23.8 Å². The molecule has 0 saturated carbocycles. The molecule has 0 unspecified atom stereocenters. The number of amides is 3. The normalized spacial score (nSPS) is 16.0. The summed E-state index contributed by atoms with van der Waals surface area (Å²) in [4.78, 5) is 26.6. The summed E-state index contributed by atoms with van der Waals surface area (Å²) in [7, 11) is 0. The van der Waals surface area contributed by atoms with Crippen LogP contribution >= 0.6 is 46.4 Å². The van der Waals surface area contributed by atoms with E-state index in [2.05, 4.69) is 10.6 Å². The first kappa shape index (κ1) is 23.8. The summed E-state index contributed by atoms with van der Waals surface area (Å²) in [5.41, 5.74) is 0.908.